The SMILES string of the molecule is C1=C[N+]2=C(C1)CCc1ccccc12.CC(C)(C)C. The van der Waals surface area contributed by atoms with Crippen molar-refractivity contribution >= 4 is 11.4 Å². The summed E-state index contributed by atoms with van der Waals surface area (Å²) in [5, 5.41) is 0. The van der Waals surface area contributed by atoms with Crippen LogP contribution in [0.2, 0.25) is 0 Å². The van der Waals surface area contributed by atoms with Crippen LogP contribution in [-0.4, -0.2) is 10.3 Å². The van der Waals surface area contributed by atoms with Gasteiger partial charge in [0.25, 0.3) is 0 Å². The molecular weight excluding hydrogens is 218 g/mol. The summed E-state index contributed by atoms with van der Waals surface area (Å²) in [4.78, 5) is 0. The smallest absolute Gasteiger partial charge is 0.168 e. The lowest BCUT2D eigenvalue weighted by molar-refractivity contribution is -0.361. The summed E-state index contributed by atoms with van der Waals surface area (Å²) in [6.07, 6.45) is 8.03. The molecule has 0 atom stereocenters. The first-order valence-corrected chi connectivity index (χ1v) is 6.84. The van der Waals surface area contributed by atoms with Crippen LogP contribution >= 0.6 is 0 Å². The summed E-state index contributed by atoms with van der Waals surface area (Å²) in [7, 11) is 0. The van der Waals surface area contributed by atoms with Gasteiger partial charge in [-0.3, -0.25) is 0 Å². The Morgan fingerprint density at radius 2 is 1.67 bits per heavy atom. The van der Waals surface area contributed by atoms with Gasteiger partial charge in [0.15, 0.2) is 11.9 Å². The molecule has 2 aliphatic heterocycles. The molecule has 1 heteroatoms. The largest absolute Gasteiger partial charge is 0.213 e. The highest BCUT2D eigenvalue weighted by Gasteiger charge is 2.26. The van der Waals surface area contributed by atoms with E-state index in [0.29, 0.717) is 5.41 Å². The number of nitrogens with zero attached hydrogens (tertiary/aromatic N) is 1. The van der Waals surface area contributed by atoms with Gasteiger partial charge in [0.2, 0.25) is 5.69 Å². The number of para-hydroxylation sites is 1. The van der Waals surface area contributed by atoms with Crippen molar-refractivity contribution < 1.29 is 4.58 Å². The fourth-order valence-corrected chi connectivity index (χ4v) is 2.21. The van der Waals surface area contributed by atoms with Crippen LogP contribution in [0.1, 0.15) is 46.1 Å². The van der Waals surface area contributed by atoms with Gasteiger partial charge in [-0.15, -0.1) is 0 Å². The normalized spacial score (nSPS) is 16.9. The van der Waals surface area contributed by atoms with E-state index in [0.717, 1.165) is 6.42 Å². The predicted octanol–water partition coefficient (Wildman–Crippen LogP) is 4.69. The van der Waals surface area contributed by atoms with Gasteiger partial charge in [-0.2, -0.15) is 4.58 Å². The maximum Gasteiger partial charge on any atom is 0.213 e. The Bertz CT molecular complexity index is 481. The highest BCUT2D eigenvalue weighted by Crippen LogP contribution is 2.28. The first-order valence-electron chi connectivity index (χ1n) is 6.84. The summed E-state index contributed by atoms with van der Waals surface area (Å²) >= 11 is 0. The molecule has 0 unspecified atom stereocenters. The van der Waals surface area contributed by atoms with Gasteiger partial charge >= 0.3 is 0 Å². The molecule has 1 aromatic rings. The Morgan fingerprint density at radius 1 is 1.00 bits per heavy atom. The van der Waals surface area contributed by atoms with Gasteiger partial charge < -0.3 is 0 Å². The van der Waals surface area contributed by atoms with Crippen molar-refractivity contribution in [3.63, 3.8) is 0 Å². The molecule has 18 heavy (non-hydrogen) atoms. The number of hydrogen-bond acceptors (Lipinski definition) is 0. The molecule has 0 fully saturated rings. The molecule has 0 N–H and O–H groups in total. The third kappa shape index (κ3) is 3.32. The standard InChI is InChI=1S/C12H12N.C5H12/c1-2-6-12-10(4-1)7-8-11-5-3-9-13(11)12;1-5(2,3)4/h1-4,6,9H,5,7-8H2;1-4H3/q+1;. The molecule has 96 valence electrons. The molecule has 0 amide bonds. The Labute approximate surface area is 111 Å². The zero-order chi connectivity index (χ0) is 13.2. The van der Waals surface area contributed by atoms with Gasteiger partial charge in [-0.05, 0) is 17.9 Å². The maximum absolute atomic E-state index is 2.35. The van der Waals surface area contributed by atoms with Crippen molar-refractivity contribution in [2.45, 2.75) is 47.0 Å². The average Bonchev–Trinajstić information content (AvgIpc) is 2.75. The number of allylic oxidation sites excluding steroid dienone is 1. The molecule has 1 nitrogen and oxygen atoms in total. The molecule has 3 rings (SSSR count). The molecule has 0 radical (unpaired) electrons. The van der Waals surface area contributed by atoms with Gasteiger partial charge in [0.05, 0.1) is 6.42 Å². The summed E-state index contributed by atoms with van der Waals surface area (Å²) in [5.41, 5.74) is 4.93. The third-order valence-corrected chi connectivity index (χ3v) is 2.88. The topological polar surface area (TPSA) is 3.01 Å². The van der Waals surface area contributed by atoms with E-state index in [9.17, 15) is 0 Å². The van der Waals surface area contributed by atoms with Crippen molar-refractivity contribution in [2.75, 3.05) is 0 Å². The highest BCUT2D eigenvalue weighted by atomic mass is 15.0. The van der Waals surface area contributed by atoms with Crippen molar-refractivity contribution in [1.82, 2.24) is 0 Å². The van der Waals surface area contributed by atoms with Gasteiger partial charge in [0, 0.05) is 18.1 Å². The average molecular weight is 242 g/mol. The molecule has 0 bridgehead atoms. The molecule has 0 spiro atoms. The quantitative estimate of drug-likeness (QED) is 0.581. The maximum atomic E-state index is 2.35. The summed E-state index contributed by atoms with van der Waals surface area (Å²) in [5.74, 6) is 0. The van der Waals surface area contributed by atoms with Crippen LogP contribution in [0.25, 0.3) is 0 Å². The molecule has 0 saturated heterocycles. The second kappa shape index (κ2) is 5.09. The molecule has 0 aliphatic carbocycles. The number of fused-ring (bicyclic) bond motifs is 2. The van der Waals surface area contributed by atoms with Crippen LogP contribution in [0.4, 0.5) is 5.69 Å². The molecule has 2 aliphatic rings. The van der Waals surface area contributed by atoms with Crippen LogP contribution in [0.15, 0.2) is 36.5 Å². The number of hydrogen-bond donors (Lipinski definition) is 0. The fourth-order valence-electron chi connectivity index (χ4n) is 2.21. The number of benzene rings is 1. The summed E-state index contributed by atoms with van der Waals surface area (Å²) < 4.78 is 2.35. The van der Waals surface area contributed by atoms with Gasteiger partial charge in [-0.1, -0.05) is 45.9 Å². The van der Waals surface area contributed by atoms with E-state index in [1.54, 1.807) is 5.71 Å². The van der Waals surface area contributed by atoms with E-state index in [1.807, 2.05) is 0 Å². The molecular formula is C17H24N+. The third-order valence-electron chi connectivity index (χ3n) is 2.88. The first kappa shape index (κ1) is 13.1. The lowest BCUT2D eigenvalue weighted by Gasteiger charge is -2.10. The number of aryl methyl sites for hydroxylation is 1. The summed E-state index contributed by atoms with van der Waals surface area (Å²) in [6.45, 7) is 8.75. The Morgan fingerprint density at radius 3 is 2.39 bits per heavy atom. The minimum absolute atomic E-state index is 0.500. The van der Waals surface area contributed by atoms with Crippen molar-refractivity contribution in [1.29, 1.82) is 0 Å². The zero-order valence-corrected chi connectivity index (χ0v) is 12.0. The van der Waals surface area contributed by atoms with Crippen molar-refractivity contribution in [2.24, 2.45) is 5.41 Å². The number of rotatable bonds is 0. The first-order chi connectivity index (χ1) is 8.45. The van der Waals surface area contributed by atoms with E-state index in [1.165, 1.54) is 24.1 Å². The highest BCUT2D eigenvalue weighted by molar-refractivity contribution is 5.85. The Hall–Kier alpha value is -1.37. The minimum Gasteiger partial charge on any atom is -0.168 e. The van der Waals surface area contributed by atoms with Crippen molar-refractivity contribution in [3.8, 4) is 0 Å². The van der Waals surface area contributed by atoms with Crippen LogP contribution in [0, 0.1) is 5.41 Å². The molecule has 1 aromatic carbocycles. The van der Waals surface area contributed by atoms with Crippen LogP contribution in [0.3, 0.4) is 0 Å². The Kier molecular flexibility index (Phi) is 3.70. The van der Waals surface area contributed by atoms with Crippen LogP contribution in [0.5, 0.6) is 0 Å². The van der Waals surface area contributed by atoms with Crippen LogP contribution < -0.4 is 0 Å². The van der Waals surface area contributed by atoms with E-state index in [-0.39, 0.29) is 0 Å². The Balaban J connectivity index is 0.000000209. The second-order valence-electron chi connectivity index (χ2n) is 6.65. The van der Waals surface area contributed by atoms with E-state index in [4.69, 9.17) is 0 Å². The lowest BCUT2D eigenvalue weighted by atomic mass is 10.0. The molecule has 0 aromatic heterocycles. The molecule has 2 heterocycles. The second-order valence-corrected chi connectivity index (χ2v) is 6.65. The fraction of sp³-hybridized carbons (Fsp3) is 0.471. The van der Waals surface area contributed by atoms with E-state index >= 15 is 0 Å². The van der Waals surface area contributed by atoms with Gasteiger partial charge in [0.1, 0.15) is 0 Å². The van der Waals surface area contributed by atoms with Crippen LogP contribution in [-0.2, 0) is 6.42 Å². The van der Waals surface area contributed by atoms with E-state index < -0.39 is 0 Å². The van der Waals surface area contributed by atoms with E-state index in [2.05, 4.69) is 68.8 Å². The summed E-state index contributed by atoms with van der Waals surface area (Å²) in [6, 6.07) is 8.69. The minimum atomic E-state index is 0.500. The van der Waals surface area contributed by atoms with Crippen molar-refractivity contribution in [3.05, 3.63) is 42.1 Å². The monoisotopic (exact) mass is 242 g/mol. The predicted molar refractivity (Wildman–Crippen MR) is 78.6 cm³/mol. The molecule has 0 saturated carbocycles. The lowest BCUT2D eigenvalue weighted by Crippen LogP contribution is -2.15. The van der Waals surface area contributed by atoms with Gasteiger partial charge in [-0.25, -0.2) is 0 Å². The zero-order valence-electron chi connectivity index (χ0n) is 12.0.